The van der Waals surface area contributed by atoms with E-state index in [1.807, 2.05) is 0 Å². The molecule has 4 heteroatoms. The first-order chi connectivity index (χ1) is 18.9. The maximum Gasteiger partial charge on any atom is 0.308 e. The average molecular weight is 553 g/mol. The zero-order valence-corrected chi connectivity index (χ0v) is 27.0. The van der Waals surface area contributed by atoms with Crippen molar-refractivity contribution in [2.24, 2.45) is 17.8 Å². The minimum absolute atomic E-state index is 0.00680. The van der Waals surface area contributed by atoms with Gasteiger partial charge in [-0.05, 0) is 56.8 Å². The van der Waals surface area contributed by atoms with Crippen LogP contribution in [-0.2, 0) is 19.1 Å². The highest BCUT2D eigenvalue weighted by atomic mass is 16.5. The molecule has 0 spiro atoms. The topological polar surface area (TPSA) is 52.6 Å². The van der Waals surface area contributed by atoms with Gasteiger partial charge in [0.05, 0.1) is 19.1 Å². The summed E-state index contributed by atoms with van der Waals surface area (Å²) < 4.78 is 10.9. The van der Waals surface area contributed by atoms with Crippen LogP contribution >= 0.6 is 0 Å². The van der Waals surface area contributed by atoms with Crippen LogP contribution in [0.3, 0.4) is 0 Å². The second kappa shape index (κ2) is 28.5. The molecule has 0 fully saturated rings. The maximum absolute atomic E-state index is 12.3. The Hall–Kier alpha value is -1.06. The van der Waals surface area contributed by atoms with Crippen molar-refractivity contribution in [1.29, 1.82) is 0 Å². The fraction of sp³-hybridized carbons (Fsp3) is 0.943. The summed E-state index contributed by atoms with van der Waals surface area (Å²) >= 11 is 0. The summed E-state index contributed by atoms with van der Waals surface area (Å²) in [5.74, 6) is 1.59. The van der Waals surface area contributed by atoms with E-state index in [-0.39, 0.29) is 17.9 Å². The molecule has 4 nitrogen and oxygen atoms in total. The van der Waals surface area contributed by atoms with Crippen molar-refractivity contribution in [2.75, 3.05) is 13.2 Å². The number of hydrogen-bond acceptors (Lipinski definition) is 4. The van der Waals surface area contributed by atoms with E-state index in [9.17, 15) is 9.59 Å². The first kappa shape index (κ1) is 37.9. The minimum Gasteiger partial charge on any atom is -0.466 e. The molecular formula is C35H68O4. The number of ether oxygens (including phenoxy) is 2. The largest absolute Gasteiger partial charge is 0.466 e. The highest BCUT2D eigenvalue weighted by Crippen LogP contribution is 2.18. The van der Waals surface area contributed by atoms with Crippen LogP contribution in [0.2, 0.25) is 0 Å². The van der Waals surface area contributed by atoms with Gasteiger partial charge in [-0.15, -0.1) is 0 Å². The molecule has 0 aliphatic rings. The van der Waals surface area contributed by atoms with Gasteiger partial charge in [-0.2, -0.15) is 0 Å². The van der Waals surface area contributed by atoms with Gasteiger partial charge in [0.15, 0.2) is 0 Å². The smallest absolute Gasteiger partial charge is 0.308 e. The predicted molar refractivity (Wildman–Crippen MR) is 167 cm³/mol. The lowest BCUT2D eigenvalue weighted by molar-refractivity contribution is -0.149. The normalized spacial score (nSPS) is 12.3. The molecule has 232 valence electrons. The first-order valence-corrected chi connectivity index (χ1v) is 17.2. The number of unbranched alkanes of at least 4 members (excludes halogenated alkanes) is 15. The Morgan fingerprint density at radius 3 is 1.31 bits per heavy atom. The highest BCUT2D eigenvalue weighted by Gasteiger charge is 2.17. The molecule has 0 aromatic heterocycles. The monoisotopic (exact) mass is 553 g/mol. The molecule has 0 aromatic rings. The van der Waals surface area contributed by atoms with Gasteiger partial charge in [-0.25, -0.2) is 0 Å². The summed E-state index contributed by atoms with van der Waals surface area (Å²) in [6, 6.07) is 0. The Balaban J connectivity index is 3.38. The molecule has 0 radical (unpaired) electrons. The summed E-state index contributed by atoms with van der Waals surface area (Å²) in [6.07, 6.45) is 27.1. The second-order valence-corrected chi connectivity index (χ2v) is 12.8. The Morgan fingerprint density at radius 1 is 0.487 bits per heavy atom. The average Bonchev–Trinajstić information content (AvgIpc) is 2.89. The lowest BCUT2D eigenvalue weighted by Gasteiger charge is -2.14. The molecule has 0 aliphatic heterocycles. The van der Waals surface area contributed by atoms with Gasteiger partial charge in [0.1, 0.15) is 0 Å². The summed E-state index contributed by atoms with van der Waals surface area (Å²) in [5.41, 5.74) is 0. The zero-order valence-electron chi connectivity index (χ0n) is 27.0. The van der Waals surface area contributed by atoms with Crippen LogP contribution in [0.15, 0.2) is 0 Å². The Morgan fingerprint density at radius 2 is 0.872 bits per heavy atom. The number of carbonyl (C=O) groups is 2. The van der Waals surface area contributed by atoms with E-state index < -0.39 is 0 Å². The van der Waals surface area contributed by atoms with E-state index in [0.29, 0.717) is 19.6 Å². The lowest BCUT2D eigenvalue weighted by Crippen LogP contribution is -2.17. The highest BCUT2D eigenvalue weighted by molar-refractivity contribution is 5.72. The van der Waals surface area contributed by atoms with Gasteiger partial charge in [0.25, 0.3) is 0 Å². The molecule has 0 heterocycles. The Labute approximate surface area is 244 Å². The predicted octanol–water partition coefficient (Wildman–Crippen LogP) is 11.0. The summed E-state index contributed by atoms with van der Waals surface area (Å²) in [7, 11) is 0. The molecule has 0 rings (SSSR count). The van der Waals surface area contributed by atoms with Crippen LogP contribution in [0.5, 0.6) is 0 Å². The first-order valence-electron chi connectivity index (χ1n) is 17.2. The van der Waals surface area contributed by atoms with Gasteiger partial charge in [0.2, 0.25) is 0 Å². The number of rotatable bonds is 29. The molecule has 0 bridgehead atoms. The Bertz CT molecular complexity index is 543. The van der Waals surface area contributed by atoms with Crippen molar-refractivity contribution >= 4 is 11.9 Å². The molecule has 1 atom stereocenters. The molecule has 0 saturated heterocycles. The maximum atomic E-state index is 12.3. The molecule has 0 N–H and O–H groups in total. The molecule has 39 heavy (non-hydrogen) atoms. The van der Waals surface area contributed by atoms with Gasteiger partial charge < -0.3 is 9.47 Å². The van der Waals surface area contributed by atoms with Gasteiger partial charge >= 0.3 is 11.9 Å². The van der Waals surface area contributed by atoms with Crippen molar-refractivity contribution < 1.29 is 19.1 Å². The molecule has 0 amide bonds. The molecule has 0 aliphatic carbocycles. The second-order valence-electron chi connectivity index (χ2n) is 12.8. The lowest BCUT2D eigenvalue weighted by atomic mass is 9.97. The minimum atomic E-state index is -0.00680. The van der Waals surface area contributed by atoms with E-state index in [2.05, 4.69) is 34.6 Å². The van der Waals surface area contributed by atoms with Crippen LogP contribution in [0.1, 0.15) is 182 Å². The van der Waals surface area contributed by atoms with Gasteiger partial charge in [-0.3, -0.25) is 9.59 Å². The molecule has 1 unspecified atom stereocenters. The molecule has 0 saturated carbocycles. The van der Waals surface area contributed by atoms with Crippen LogP contribution in [0.25, 0.3) is 0 Å². The van der Waals surface area contributed by atoms with Crippen molar-refractivity contribution in [3.8, 4) is 0 Å². The fourth-order valence-electron chi connectivity index (χ4n) is 5.13. The number of carbonyl (C=O) groups excluding carboxylic acids is 2. The van der Waals surface area contributed by atoms with Gasteiger partial charge in [-0.1, -0.05) is 131 Å². The summed E-state index contributed by atoms with van der Waals surface area (Å²) in [6.45, 7) is 12.3. The van der Waals surface area contributed by atoms with E-state index in [4.69, 9.17) is 9.47 Å². The quantitative estimate of drug-likeness (QED) is 0.0684. The zero-order chi connectivity index (χ0) is 29.0. The third-order valence-electron chi connectivity index (χ3n) is 7.87. The number of hydrogen-bond donors (Lipinski definition) is 0. The van der Waals surface area contributed by atoms with Crippen LogP contribution in [-0.4, -0.2) is 25.2 Å². The number of esters is 2. The van der Waals surface area contributed by atoms with E-state index in [1.54, 1.807) is 0 Å². The third-order valence-corrected chi connectivity index (χ3v) is 7.87. The van der Waals surface area contributed by atoms with Gasteiger partial charge in [0, 0.05) is 6.42 Å². The van der Waals surface area contributed by atoms with Crippen LogP contribution in [0, 0.1) is 17.8 Å². The summed E-state index contributed by atoms with van der Waals surface area (Å²) in [4.78, 5) is 24.1. The van der Waals surface area contributed by atoms with Crippen LogP contribution in [0.4, 0.5) is 0 Å². The standard InChI is InChI=1S/C35H68O4/c1-6-33(35(37)39-30-24-22-26-32(4)5)27-19-17-15-13-11-9-7-8-10-12-14-16-18-20-28-34(36)38-29-23-21-25-31(2)3/h31-33H,6-30H2,1-5H3. The Kier molecular flexibility index (Phi) is 27.7. The van der Waals surface area contributed by atoms with E-state index >= 15 is 0 Å². The summed E-state index contributed by atoms with van der Waals surface area (Å²) in [5, 5.41) is 0. The third kappa shape index (κ3) is 28.3. The van der Waals surface area contributed by atoms with Crippen molar-refractivity contribution in [1.82, 2.24) is 0 Å². The van der Waals surface area contributed by atoms with E-state index in [1.165, 1.54) is 83.5 Å². The van der Waals surface area contributed by atoms with E-state index in [0.717, 1.165) is 69.6 Å². The van der Waals surface area contributed by atoms with Crippen molar-refractivity contribution in [3.63, 3.8) is 0 Å². The molecule has 0 aromatic carbocycles. The fourth-order valence-corrected chi connectivity index (χ4v) is 5.13. The molecular weight excluding hydrogens is 484 g/mol. The SMILES string of the molecule is CCC(CCCCCCCCCCCCCCCCC(=O)OCCCCC(C)C)C(=O)OCCCCC(C)C. The van der Waals surface area contributed by atoms with Crippen molar-refractivity contribution in [2.45, 2.75) is 182 Å². The van der Waals surface area contributed by atoms with Crippen LogP contribution < -0.4 is 0 Å². The van der Waals surface area contributed by atoms with Crippen molar-refractivity contribution in [3.05, 3.63) is 0 Å².